The van der Waals surface area contributed by atoms with Crippen LogP contribution in [0.1, 0.15) is 306 Å². The molecule has 0 bridgehead atoms. The van der Waals surface area contributed by atoms with Gasteiger partial charge >= 0.3 is 39.5 Å². The van der Waals surface area contributed by atoms with Crippen molar-refractivity contribution in [2.75, 3.05) is 39.6 Å². The zero-order valence-electron chi connectivity index (χ0n) is 53.8. The summed E-state index contributed by atoms with van der Waals surface area (Å²) in [6, 6.07) is 0. The standard InChI is InChI=1S/C64H124O17P2/c1-9-55(6)41-33-25-16-14-12-13-15-17-30-38-46-63(68)80-59(50-74-61(66)44-36-28-21-18-24-32-40-54(4)5)52-78-82(70,71)76-48-58(65)49-77-83(72,73)79-53-60(81-64(69)47-39-31-23-20-27-35-43-57(8)11-3)51-75-62(67)45-37-29-22-19-26-34-42-56(7)10-2/h54-60,65H,9-53H2,1-8H3,(H,70,71)(H,72,73)/t55?,56?,57?,58-,59-,60-/m1/s1. The van der Waals surface area contributed by atoms with Gasteiger partial charge < -0.3 is 33.8 Å². The lowest BCUT2D eigenvalue weighted by atomic mass is 9.99. The Bertz CT molecular complexity index is 1670. The topological polar surface area (TPSA) is 237 Å². The number of phosphoric acid groups is 2. The van der Waals surface area contributed by atoms with E-state index >= 15 is 0 Å². The Labute approximate surface area is 505 Å². The third kappa shape index (κ3) is 55.1. The van der Waals surface area contributed by atoms with Crippen LogP contribution in [0, 0.1) is 23.7 Å². The molecule has 17 nitrogen and oxygen atoms in total. The number of hydrogen-bond donors (Lipinski definition) is 3. The van der Waals surface area contributed by atoms with Crippen LogP contribution in [-0.2, 0) is 65.4 Å². The molecule has 5 unspecified atom stereocenters. The summed E-state index contributed by atoms with van der Waals surface area (Å²) < 4.78 is 68.0. The summed E-state index contributed by atoms with van der Waals surface area (Å²) in [5.74, 6) is 0.790. The first-order chi connectivity index (χ1) is 39.7. The van der Waals surface area contributed by atoms with Crippen molar-refractivity contribution in [1.29, 1.82) is 0 Å². The van der Waals surface area contributed by atoms with Gasteiger partial charge in [-0.15, -0.1) is 0 Å². The van der Waals surface area contributed by atoms with Crippen molar-refractivity contribution >= 4 is 39.5 Å². The first kappa shape index (κ1) is 81.1. The van der Waals surface area contributed by atoms with Crippen molar-refractivity contribution in [3.05, 3.63) is 0 Å². The van der Waals surface area contributed by atoms with E-state index in [1.807, 2.05) is 0 Å². The number of aliphatic hydroxyl groups is 1. The number of phosphoric ester groups is 2. The number of aliphatic hydroxyl groups excluding tert-OH is 1. The van der Waals surface area contributed by atoms with E-state index in [1.165, 1.54) is 96.3 Å². The third-order valence-electron chi connectivity index (χ3n) is 15.7. The molecule has 83 heavy (non-hydrogen) atoms. The van der Waals surface area contributed by atoms with Crippen molar-refractivity contribution in [1.82, 2.24) is 0 Å². The number of unbranched alkanes of at least 4 members (excludes halogenated alkanes) is 24. The molecule has 0 rings (SSSR count). The fourth-order valence-corrected chi connectivity index (χ4v) is 10.9. The molecule has 0 saturated heterocycles. The highest BCUT2D eigenvalue weighted by atomic mass is 31.2. The Morgan fingerprint density at radius 3 is 0.855 bits per heavy atom. The molecule has 0 aliphatic heterocycles. The van der Waals surface area contributed by atoms with Gasteiger partial charge in [0.25, 0.3) is 0 Å². The number of esters is 4. The molecule has 19 heteroatoms. The van der Waals surface area contributed by atoms with Gasteiger partial charge in [-0.1, -0.05) is 254 Å². The summed E-state index contributed by atoms with van der Waals surface area (Å²) in [5, 5.41) is 10.5. The van der Waals surface area contributed by atoms with Crippen LogP contribution in [-0.4, -0.2) is 96.7 Å². The van der Waals surface area contributed by atoms with Crippen LogP contribution in [0.4, 0.5) is 0 Å². The Morgan fingerprint density at radius 2 is 0.578 bits per heavy atom. The van der Waals surface area contributed by atoms with Crippen molar-refractivity contribution < 1.29 is 80.2 Å². The summed E-state index contributed by atoms with van der Waals surface area (Å²) >= 11 is 0. The number of carbonyl (C=O) groups excluding carboxylic acids is 4. The van der Waals surface area contributed by atoms with Gasteiger partial charge in [-0.25, -0.2) is 9.13 Å². The minimum Gasteiger partial charge on any atom is -0.462 e. The fraction of sp³-hybridized carbons (Fsp3) is 0.938. The first-order valence-electron chi connectivity index (χ1n) is 33.3. The molecule has 0 aliphatic carbocycles. The average molecular weight is 1230 g/mol. The third-order valence-corrected chi connectivity index (χ3v) is 17.6. The first-order valence-corrected chi connectivity index (χ1v) is 36.3. The van der Waals surface area contributed by atoms with Gasteiger partial charge in [-0.3, -0.25) is 37.3 Å². The van der Waals surface area contributed by atoms with E-state index in [4.69, 9.17) is 37.0 Å². The van der Waals surface area contributed by atoms with Crippen molar-refractivity contribution in [2.24, 2.45) is 23.7 Å². The summed E-state index contributed by atoms with van der Waals surface area (Å²) in [4.78, 5) is 72.2. The van der Waals surface area contributed by atoms with Crippen LogP contribution in [0.15, 0.2) is 0 Å². The summed E-state index contributed by atoms with van der Waals surface area (Å²) in [6.07, 6.45) is 33.6. The Balaban J connectivity index is 5.26. The van der Waals surface area contributed by atoms with E-state index < -0.39 is 97.5 Å². The SMILES string of the molecule is CCC(C)CCCCCCCCCCCCC(=O)O[C@H](COC(=O)CCCCCCCCC(C)C)COP(=O)(O)OC[C@@H](O)COP(=O)(O)OC[C@@H](COC(=O)CCCCCCCCC(C)CC)OC(=O)CCCCCCCCC(C)CC. The van der Waals surface area contributed by atoms with Gasteiger partial charge in [0.1, 0.15) is 19.3 Å². The lowest BCUT2D eigenvalue weighted by Gasteiger charge is -2.21. The maximum Gasteiger partial charge on any atom is 0.472 e. The van der Waals surface area contributed by atoms with Gasteiger partial charge in [0.2, 0.25) is 0 Å². The molecular formula is C64H124O17P2. The fourth-order valence-electron chi connectivity index (χ4n) is 9.33. The maximum absolute atomic E-state index is 13.0. The predicted octanol–water partition coefficient (Wildman–Crippen LogP) is 17.4. The van der Waals surface area contributed by atoms with Gasteiger partial charge in [0.05, 0.1) is 26.4 Å². The molecule has 492 valence electrons. The Kier molecular flexibility index (Phi) is 53.0. The monoisotopic (exact) mass is 1230 g/mol. The summed E-state index contributed by atoms with van der Waals surface area (Å²) in [6.45, 7) is 13.9. The van der Waals surface area contributed by atoms with Crippen LogP contribution in [0.3, 0.4) is 0 Å². The minimum atomic E-state index is -4.95. The molecule has 0 aromatic rings. The van der Waals surface area contributed by atoms with E-state index in [0.29, 0.717) is 31.6 Å². The Hall–Kier alpha value is -1.94. The van der Waals surface area contributed by atoms with Gasteiger partial charge in [0.15, 0.2) is 12.2 Å². The maximum atomic E-state index is 13.0. The number of carbonyl (C=O) groups is 4. The van der Waals surface area contributed by atoms with E-state index in [9.17, 15) is 43.2 Å². The van der Waals surface area contributed by atoms with E-state index in [1.54, 1.807) is 0 Å². The Morgan fingerprint density at radius 1 is 0.337 bits per heavy atom. The molecule has 0 fully saturated rings. The normalized spacial score (nSPS) is 15.4. The highest BCUT2D eigenvalue weighted by Crippen LogP contribution is 2.45. The smallest absolute Gasteiger partial charge is 0.462 e. The lowest BCUT2D eigenvalue weighted by molar-refractivity contribution is -0.161. The molecule has 0 heterocycles. The molecule has 0 spiro atoms. The second-order valence-electron chi connectivity index (χ2n) is 24.4. The van der Waals surface area contributed by atoms with Gasteiger partial charge in [-0.05, 0) is 49.4 Å². The molecule has 0 aliphatic rings. The zero-order valence-corrected chi connectivity index (χ0v) is 55.6. The van der Waals surface area contributed by atoms with Crippen molar-refractivity contribution in [3.8, 4) is 0 Å². The summed E-state index contributed by atoms with van der Waals surface area (Å²) in [5.41, 5.74) is 0. The van der Waals surface area contributed by atoms with Crippen molar-refractivity contribution in [3.63, 3.8) is 0 Å². The number of hydrogen-bond acceptors (Lipinski definition) is 15. The van der Waals surface area contributed by atoms with Crippen LogP contribution < -0.4 is 0 Å². The van der Waals surface area contributed by atoms with Gasteiger partial charge in [-0.2, -0.15) is 0 Å². The molecule has 3 N–H and O–H groups in total. The van der Waals surface area contributed by atoms with E-state index in [2.05, 4.69) is 55.4 Å². The quantitative estimate of drug-likeness (QED) is 0.0222. The van der Waals surface area contributed by atoms with Crippen LogP contribution >= 0.6 is 15.6 Å². The molecule has 0 saturated carbocycles. The van der Waals surface area contributed by atoms with E-state index in [0.717, 1.165) is 120 Å². The van der Waals surface area contributed by atoms with Crippen LogP contribution in [0.2, 0.25) is 0 Å². The average Bonchev–Trinajstić information content (AvgIpc) is 3.48. The molecule has 0 radical (unpaired) electrons. The number of ether oxygens (including phenoxy) is 4. The molecule has 0 aromatic heterocycles. The number of rotatable bonds is 61. The molecule has 8 atom stereocenters. The minimum absolute atomic E-state index is 0.101. The van der Waals surface area contributed by atoms with Gasteiger partial charge in [0, 0.05) is 25.7 Å². The largest absolute Gasteiger partial charge is 0.472 e. The highest BCUT2D eigenvalue weighted by molar-refractivity contribution is 7.47. The van der Waals surface area contributed by atoms with Crippen molar-refractivity contribution in [2.45, 2.75) is 324 Å². The van der Waals surface area contributed by atoms with Crippen LogP contribution in [0.25, 0.3) is 0 Å². The predicted molar refractivity (Wildman–Crippen MR) is 331 cm³/mol. The van der Waals surface area contributed by atoms with Crippen LogP contribution in [0.5, 0.6) is 0 Å². The zero-order chi connectivity index (χ0) is 61.8. The highest BCUT2D eigenvalue weighted by Gasteiger charge is 2.30. The van der Waals surface area contributed by atoms with E-state index in [-0.39, 0.29) is 25.7 Å². The molecule has 0 amide bonds. The second-order valence-corrected chi connectivity index (χ2v) is 27.3. The summed E-state index contributed by atoms with van der Waals surface area (Å²) in [7, 11) is -9.89. The second kappa shape index (κ2) is 54.2. The lowest BCUT2D eigenvalue weighted by Crippen LogP contribution is -2.30. The molecular weight excluding hydrogens is 1100 g/mol. The molecule has 0 aromatic carbocycles.